The van der Waals surface area contributed by atoms with E-state index in [9.17, 15) is 21.6 Å². The summed E-state index contributed by atoms with van der Waals surface area (Å²) in [6.45, 7) is 0.602. The zero-order chi connectivity index (χ0) is 21.2. The maximum Gasteiger partial charge on any atom is 0.322 e. The predicted molar refractivity (Wildman–Crippen MR) is 104 cm³/mol. The van der Waals surface area contributed by atoms with E-state index in [1.165, 1.54) is 16.4 Å². The zero-order valence-corrected chi connectivity index (χ0v) is 17.7. The third-order valence-electron chi connectivity index (χ3n) is 4.70. The number of carbonyl (C=O) groups is 1. The second-order valence-electron chi connectivity index (χ2n) is 7.02. The van der Waals surface area contributed by atoms with E-state index in [-0.39, 0.29) is 28.6 Å². The van der Waals surface area contributed by atoms with E-state index in [1.54, 1.807) is 12.1 Å². The molecule has 1 aromatic heterocycles. The number of aromatic nitrogens is 2. The number of nitrogens with zero attached hydrogens (tertiary/aromatic N) is 3. The molecule has 3 rings (SSSR count). The summed E-state index contributed by atoms with van der Waals surface area (Å²) in [6, 6.07) is 6.31. The molecule has 12 heteroatoms. The van der Waals surface area contributed by atoms with Crippen LogP contribution in [-0.4, -0.2) is 62.8 Å². The monoisotopic (exact) mass is 442 g/mol. The molecule has 1 fully saturated rings. The molecule has 158 valence electrons. The molecule has 10 nitrogen and oxygen atoms in total. The largest absolute Gasteiger partial charge is 0.407 e. The van der Waals surface area contributed by atoms with Gasteiger partial charge in [0.2, 0.25) is 21.8 Å². The Morgan fingerprint density at radius 2 is 1.72 bits per heavy atom. The van der Waals surface area contributed by atoms with Crippen molar-refractivity contribution in [1.29, 1.82) is 0 Å². The van der Waals surface area contributed by atoms with E-state index >= 15 is 0 Å². The molecule has 1 aromatic carbocycles. The SMILES string of the molecule is CS(=O)(=O)c1ccc(Cc2nnc(NC(=O)C3CCN(S(C)(=O)=O)CC3)o2)cc1. The summed E-state index contributed by atoms with van der Waals surface area (Å²) in [5.41, 5.74) is 0.784. The molecule has 0 spiro atoms. The second-order valence-corrected chi connectivity index (χ2v) is 11.0. The molecule has 2 aromatic rings. The van der Waals surface area contributed by atoms with Crippen LogP contribution in [0.15, 0.2) is 33.6 Å². The zero-order valence-electron chi connectivity index (χ0n) is 16.0. The van der Waals surface area contributed by atoms with Crippen molar-refractivity contribution in [2.24, 2.45) is 5.92 Å². The lowest BCUT2D eigenvalue weighted by atomic mass is 9.97. The van der Waals surface area contributed by atoms with Gasteiger partial charge in [-0.05, 0) is 30.5 Å². The number of amides is 1. The van der Waals surface area contributed by atoms with E-state index < -0.39 is 19.9 Å². The van der Waals surface area contributed by atoms with Gasteiger partial charge in [0, 0.05) is 25.3 Å². The van der Waals surface area contributed by atoms with Gasteiger partial charge in [-0.3, -0.25) is 10.1 Å². The van der Waals surface area contributed by atoms with Crippen molar-refractivity contribution < 1.29 is 26.0 Å². The molecule has 1 N–H and O–H groups in total. The van der Waals surface area contributed by atoms with Crippen LogP contribution >= 0.6 is 0 Å². The van der Waals surface area contributed by atoms with Crippen LogP contribution in [0.3, 0.4) is 0 Å². The van der Waals surface area contributed by atoms with E-state index in [0.717, 1.165) is 18.1 Å². The number of sulfonamides is 1. The highest BCUT2D eigenvalue weighted by Gasteiger charge is 2.29. The van der Waals surface area contributed by atoms with Gasteiger partial charge in [-0.1, -0.05) is 17.2 Å². The number of hydrogen-bond acceptors (Lipinski definition) is 8. The van der Waals surface area contributed by atoms with Gasteiger partial charge in [0.1, 0.15) is 0 Å². The van der Waals surface area contributed by atoms with Crippen molar-refractivity contribution in [1.82, 2.24) is 14.5 Å². The van der Waals surface area contributed by atoms with Crippen molar-refractivity contribution >= 4 is 31.8 Å². The molecular formula is C17H22N4O6S2. The molecule has 0 atom stereocenters. The highest BCUT2D eigenvalue weighted by Crippen LogP contribution is 2.21. The number of piperidine rings is 1. The number of anilines is 1. The number of benzene rings is 1. The minimum Gasteiger partial charge on any atom is -0.407 e. The lowest BCUT2D eigenvalue weighted by molar-refractivity contribution is -0.121. The van der Waals surface area contributed by atoms with Crippen LogP contribution in [0.2, 0.25) is 0 Å². The second kappa shape index (κ2) is 8.20. The summed E-state index contributed by atoms with van der Waals surface area (Å²) in [4.78, 5) is 12.6. The summed E-state index contributed by atoms with van der Waals surface area (Å²) in [6.07, 6.45) is 3.43. The van der Waals surface area contributed by atoms with Crippen LogP contribution in [0, 0.1) is 5.92 Å². The standard InChI is InChI=1S/C17H22N4O6S2/c1-28(23,24)14-5-3-12(4-6-14)11-15-19-20-17(27-15)18-16(22)13-7-9-21(10-8-13)29(2,25)26/h3-6,13H,7-11H2,1-2H3,(H,18,20,22). The molecule has 2 heterocycles. The quantitative estimate of drug-likeness (QED) is 0.689. The number of sulfone groups is 1. The molecule has 29 heavy (non-hydrogen) atoms. The van der Waals surface area contributed by atoms with Gasteiger partial charge in [-0.15, -0.1) is 5.10 Å². The Balaban J connectivity index is 1.56. The highest BCUT2D eigenvalue weighted by molar-refractivity contribution is 7.90. The third kappa shape index (κ3) is 5.61. The molecule has 0 saturated carbocycles. The van der Waals surface area contributed by atoms with Gasteiger partial charge in [-0.2, -0.15) is 0 Å². The maximum atomic E-state index is 12.4. The Morgan fingerprint density at radius 3 is 2.28 bits per heavy atom. The Bertz CT molecular complexity index is 1090. The van der Waals surface area contributed by atoms with Crippen molar-refractivity contribution in [2.75, 3.05) is 30.9 Å². The summed E-state index contributed by atoms with van der Waals surface area (Å²) < 4.78 is 52.9. The number of carbonyl (C=O) groups excluding carboxylic acids is 1. The van der Waals surface area contributed by atoms with Gasteiger partial charge >= 0.3 is 6.01 Å². The van der Waals surface area contributed by atoms with Crippen LogP contribution in [0.25, 0.3) is 0 Å². The summed E-state index contributed by atoms with van der Waals surface area (Å²) in [5, 5.41) is 10.3. The van der Waals surface area contributed by atoms with Crippen LogP contribution in [-0.2, 0) is 31.1 Å². The minimum absolute atomic E-state index is 0.0247. The van der Waals surface area contributed by atoms with E-state index in [1.807, 2.05) is 0 Å². The average Bonchev–Trinajstić information content (AvgIpc) is 3.07. The number of hydrogen-bond donors (Lipinski definition) is 1. The molecule has 1 aliphatic rings. The molecule has 1 saturated heterocycles. The van der Waals surface area contributed by atoms with E-state index in [2.05, 4.69) is 15.5 Å². The van der Waals surface area contributed by atoms with Gasteiger partial charge < -0.3 is 4.42 Å². The normalized spacial score (nSPS) is 16.6. The van der Waals surface area contributed by atoms with Crippen molar-refractivity contribution in [3.8, 4) is 0 Å². The van der Waals surface area contributed by atoms with Crippen LogP contribution in [0.4, 0.5) is 6.01 Å². The smallest absolute Gasteiger partial charge is 0.322 e. The van der Waals surface area contributed by atoms with Gasteiger partial charge in [0.25, 0.3) is 0 Å². The Labute approximate surface area is 169 Å². The van der Waals surface area contributed by atoms with Gasteiger partial charge in [-0.25, -0.2) is 21.1 Å². The Morgan fingerprint density at radius 1 is 1.10 bits per heavy atom. The molecule has 0 aliphatic carbocycles. The fourth-order valence-corrected chi connectivity index (χ4v) is 4.57. The third-order valence-corrected chi connectivity index (χ3v) is 7.13. The molecule has 0 unspecified atom stereocenters. The summed E-state index contributed by atoms with van der Waals surface area (Å²) in [7, 11) is -6.50. The first-order valence-corrected chi connectivity index (χ1v) is 12.6. The fraction of sp³-hybridized carbons (Fsp3) is 0.471. The molecular weight excluding hydrogens is 420 g/mol. The molecule has 1 aliphatic heterocycles. The number of nitrogens with one attached hydrogen (secondary N) is 1. The van der Waals surface area contributed by atoms with E-state index in [4.69, 9.17) is 4.42 Å². The van der Waals surface area contributed by atoms with Crippen LogP contribution < -0.4 is 5.32 Å². The van der Waals surface area contributed by atoms with Crippen molar-refractivity contribution in [2.45, 2.75) is 24.2 Å². The van der Waals surface area contributed by atoms with Crippen LogP contribution in [0.5, 0.6) is 0 Å². The maximum absolute atomic E-state index is 12.4. The average molecular weight is 443 g/mol. The van der Waals surface area contributed by atoms with Crippen molar-refractivity contribution in [3.63, 3.8) is 0 Å². The minimum atomic E-state index is -3.26. The van der Waals surface area contributed by atoms with E-state index in [0.29, 0.717) is 32.4 Å². The molecule has 0 bridgehead atoms. The van der Waals surface area contributed by atoms with Gasteiger partial charge in [0.05, 0.1) is 17.6 Å². The topological polar surface area (TPSA) is 140 Å². The first-order chi connectivity index (χ1) is 13.5. The predicted octanol–water partition coefficient (Wildman–Crippen LogP) is 0.674. The number of rotatable bonds is 6. The fourth-order valence-electron chi connectivity index (χ4n) is 3.06. The highest BCUT2D eigenvalue weighted by atomic mass is 32.2. The molecule has 0 radical (unpaired) electrons. The Hall–Kier alpha value is -2.31. The van der Waals surface area contributed by atoms with Gasteiger partial charge in [0.15, 0.2) is 9.84 Å². The van der Waals surface area contributed by atoms with Crippen LogP contribution in [0.1, 0.15) is 24.3 Å². The molecule has 1 amide bonds. The first kappa shape index (κ1) is 21.4. The lowest BCUT2D eigenvalue weighted by Gasteiger charge is -2.29. The van der Waals surface area contributed by atoms with Crippen molar-refractivity contribution in [3.05, 3.63) is 35.7 Å². The lowest BCUT2D eigenvalue weighted by Crippen LogP contribution is -2.40. The Kier molecular flexibility index (Phi) is 6.05. The summed E-state index contributed by atoms with van der Waals surface area (Å²) >= 11 is 0. The summed E-state index contributed by atoms with van der Waals surface area (Å²) in [5.74, 6) is -0.336. The first-order valence-electron chi connectivity index (χ1n) is 8.90.